The summed E-state index contributed by atoms with van der Waals surface area (Å²) in [4.78, 5) is 24.1. The molecule has 0 aromatic rings. The minimum Gasteiger partial charge on any atom is -0.354 e. The van der Waals surface area contributed by atoms with Gasteiger partial charge in [-0.15, -0.1) is 19.2 Å². The van der Waals surface area contributed by atoms with Gasteiger partial charge in [0.2, 0.25) is 5.91 Å². The summed E-state index contributed by atoms with van der Waals surface area (Å²) >= 11 is 4.36. The lowest BCUT2D eigenvalue weighted by molar-refractivity contribution is -0.124. The van der Waals surface area contributed by atoms with Crippen molar-refractivity contribution in [2.45, 2.75) is 19.8 Å². The molecule has 2 amide bonds. The third-order valence-electron chi connectivity index (χ3n) is 2.84. The largest absolute Gasteiger partial charge is 0.354 e. The first-order valence-electron chi connectivity index (χ1n) is 6.31. The molecule has 0 radical (unpaired) electrons. The molecule has 1 aliphatic rings. The van der Waals surface area contributed by atoms with Crippen molar-refractivity contribution in [3.8, 4) is 0 Å². The van der Waals surface area contributed by atoms with E-state index in [1.807, 2.05) is 13.0 Å². The fraction of sp³-hybridized carbons (Fsp3) is 0.429. The van der Waals surface area contributed by atoms with Crippen LogP contribution in [0.1, 0.15) is 19.8 Å². The first-order valence-corrected chi connectivity index (χ1v) is 6.76. The molecule has 5 heteroatoms. The summed E-state index contributed by atoms with van der Waals surface area (Å²) in [7, 11) is 0. The summed E-state index contributed by atoms with van der Waals surface area (Å²) in [5, 5.41) is 5.28. The van der Waals surface area contributed by atoms with E-state index in [1.54, 1.807) is 12.2 Å². The third-order valence-corrected chi connectivity index (χ3v) is 3.52. The van der Waals surface area contributed by atoms with Crippen molar-refractivity contribution >= 4 is 24.4 Å². The average Bonchev–Trinajstić information content (AvgIpc) is 2.39. The number of amides is 2. The zero-order valence-electron chi connectivity index (χ0n) is 11.1. The number of nitrogens with one attached hydrogen (secondary N) is 2. The minimum atomic E-state index is -0.258. The third kappa shape index (κ3) is 4.95. The van der Waals surface area contributed by atoms with E-state index in [4.69, 9.17) is 0 Å². The molecule has 0 bridgehead atoms. The van der Waals surface area contributed by atoms with Gasteiger partial charge in [-0.05, 0) is 23.7 Å². The van der Waals surface area contributed by atoms with Crippen molar-refractivity contribution in [1.82, 2.24) is 10.6 Å². The SMILES string of the molecule is C=CCCNC(=O)CNC(=O)C1=C(S)C(C)CC=C1. The first kappa shape index (κ1) is 15.6. The zero-order valence-corrected chi connectivity index (χ0v) is 12.0. The van der Waals surface area contributed by atoms with Gasteiger partial charge in [-0.25, -0.2) is 0 Å². The van der Waals surface area contributed by atoms with Crippen molar-refractivity contribution in [2.75, 3.05) is 13.1 Å². The number of rotatable bonds is 6. The first-order chi connectivity index (χ1) is 9.06. The molecule has 0 aromatic heterocycles. The predicted octanol–water partition coefficient (Wildman–Crippen LogP) is 1.57. The van der Waals surface area contributed by atoms with Gasteiger partial charge < -0.3 is 10.6 Å². The normalized spacial score (nSPS) is 18.1. The van der Waals surface area contributed by atoms with Gasteiger partial charge in [0.05, 0.1) is 6.54 Å². The van der Waals surface area contributed by atoms with Gasteiger partial charge in [-0.2, -0.15) is 0 Å². The van der Waals surface area contributed by atoms with Crippen LogP contribution < -0.4 is 10.6 Å². The van der Waals surface area contributed by atoms with Crippen LogP contribution in [0.2, 0.25) is 0 Å². The lowest BCUT2D eigenvalue weighted by Crippen LogP contribution is -2.38. The number of thiol groups is 1. The Balaban J connectivity index is 2.43. The Morgan fingerprint density at radius 1 is 1.53 bits per heavy atom. The van der Waals surface area contributed by atoms with Crippen molar-refractivity contribution in [3.63, 3.8) is 0 Å². The molecule has 0 spiro atoms. The van der Waals surface area contributed by atoms with Crippen molar-refractivity contribution in [2.24, 2.45) is 5.92 Å². The van der Waals surface area contributed by atoms with Crippen LogP contribution in [0.25, 0.3) is 0 Å². The van der Waals surface area contributed by atoms with Crippen molar-refractivity contribution in [3.05, 3.63) is 35.3 Å². The topological polar surface area (TPSA) is 58.2 Å². The highest BCUT2D eigenvalue weighted by molar-refractivity contribution is 7.84. The molecule has 104 valence electrons. The number of hydrogen-bond acceptors (Lipinski definition) is 3. The van der Waals surface area contributed by atoms with E-state index < -0.39 is 0 Å². The molecular weight excluding hydrogens is 260 g/mol. The molecule has 19 heavy (non-hydrogen) atoms. The summed E-state index contributed by atoms with van der Waals surface area (Å²) < 4.78 is 0. The smallest absolute Gasteiger partial charge is 0.252 e. The average molecular weight is 280 g/mol. The van der Waals surface area contributed by atoms with E-state index >= 15 is 0 Å². The molecule has 0 heterocycles. The Labute approximate surface area is 119 Å². The Kier molecular flexibility index (Phi) is 6.42. The Bertz CT molecular complexity index is 427. The Morgan fingerprint density at radius 3 is 2.95 bits per heavy atom. The summed E-state index contributed by atoms with van der Waals surface area (Å²) in [6.45, 7) is 6.09. The fourth-order valence-electron chi connectivity index (χ4n) is 1.68. The van der Waals surface area contributed by atoms with E-state index in [0.29, 0.717) is 18.5 Å². The maximum Gasteiger partial charge on any atom is 0.252 e. The molecule has 1 unspecified atom stereocenters. The van der Waals surface area contributed by atoms with Crippen LogP contribution in [0, 0.1) is 5.92 Å². The second kappa shape index (κ2) is 7.84. The molecule has 0 aliphatic heterocycles. The lowest BCUT2D eigenvalue weighted by atomic mass is 9.97. The Morgan fingerprint density at radius 2 is 2.26 bits per heavy atom. The van der Waals surface area contributed by atoms with E-state index in [1.165, 1.54) is 0 Å². The Hall–Kier alpha value is -1.49. The van der Waals surface area contributed by atoms with E-state index in [2.05, 4.69) is 29.8 Å². The van der Waals surface area contributed by atoms with Crippen LogP contribution in [-0.4, -0.2) is 24.9 Å². The van der Waals surface area contributed by atoms with Crippen LogP contribution in [0.5, 0.6) is 0 Å². The standard InChI is InChI=1S/C14H20N2O2S/c1-3-4-8-15-12(17)9-16-14(18)11-7-5-6-10(2)13(11)19/h3,5,7,10,19H,1,4,6,8-9H2,2H3,(H,15,17)(H,16,18). The molecule has 0 saturated carbocycles. The van der Waals surface area contributed by atoms with Gasteiger partial charge in [0.15, 0.2) is 0 Å². The summed E-state index contributed by atoms with van der Waals surface area (Å²) in [6, 6.07) is 0. The van der Waals surface area contributed by atoms with Crippen LogP contribution >= 0.6 is 12.6 Å². The van der Waals surface area contributed by atoms with Gasteiger partial charge in [-0.3, -0.25) is 9.59 Å². The fourth-order valence-corrected chi connectivity index (χ4v) is 1.96. The summed E-state index contributed by atoms with van der Waals surface area (Å²) in [6.07, 6.45) is 7.03. The molecule has 0 fully saturated rings. The zero-order chi connectivity index (χ0) is 14.3. The second-order valence-corrected chi connectivity index (χ2v) is 4.93. The molecule has 1 rings (SSSR count). The van der Waals surface area contributed by atoms with E-state index in [-0.39, 0.29) is 24.3 Å². The summed E-state index contributed by atoms with van der Waals surface area (Å²) in [5.74, 6) is -0.216. The predicted molar refractivity (Wildman–Crippen MR) is 79.8 cm³/mol. The monoisotopic (exact) mass is 280 g/mol. The van der Waals surface area contributed by atoms with Gasteiger partial charge in [-0.1, -0.05) is 25.2 Å². The van der Waals surface area contributed by atoms with Crippen LogP contribution in [-0.2, 0) is 9.59 Å². The van der Waals surface area contributed by atoms with Crippen molar-refractivity contribution in [1.29, 1.82) is 0 Å². The number of hydrogen-bond donors (Lipinski definition) is 3. The highest BCUT2D eigenvalue weighted by Crippen LogP contribution is 2.27. The maximum absolute atomic E-state index is 11.9. The van der Waals surface area contributed by atoms with Crippen LogP contribution in [0.15, 0.2) is 35.3 Å². The van der Waals surface area contributed by atoms with Crippen LogP contribution in [0.4, 0.5) is 0 Å². The highest BCUT2D eigenvalue weighted by Gasteiger charge is 2.18. The molecule has 2 N–H and O–H groups in total. The molecule has 0 saturated heterocycles. The number of carbonyl (C=O) groups excluding carboxylic acids is 2. The molecular formula is C14H20N2O2S. The molecule has 0 aromatic carbocycles. The second-order valence-electron chi connectivity index (χ2n) is 4.45. The number of carbonyl (C=O) groups is 2. The lowest BCUT2D eigenvalue weighted by Gasteiger charge is -2.17. The van der Waals surface area contributed by atoms with Gasteiger partial charge in [0.1, 0.15) is 0 Å². The molecule has 1 aliphatic carbocycles. The van der Waals surface area contributed by atoms with Gasteiger partial charge >= 0.3 is 0 Å². The van der Waals surface area contributed by atoms with Gasteiger partial charge in [0, 0.05) is 12.1 Å². The minimum absolute atomic E-state index is 0.0250. The molecule has 1 atom stereocenters. The van der Waals surface area contributed by atoms with E-state index in [0.717, 1.165) is 11.3 Å². The maximum atomic E-state index is 11.9. The number of allylic oxidation sites excluding steroid dienone is 2. The van der Waals surface area contributed by atoms with Gasteiger partial charge in [0.25, 0.3) is 5.91 Å². The molecule has 4 nitrogen and oxygen atoms in total. The van der Waals surface area contributed by atoms with E-state index in [9.17, 15) is 9.59 Å². The summed E-state index contributed by atoms with van der Waals surface area (Å²) in [5.41, 5.74) is 0.543. The quantitative estimate of drug-likeness (QED) is 0.393. The van der Waals surface area contributed by atoms with Crippen LogP contribution in [0.3, 0.4) is 0 Å². The van der Waals surface area contributed by atoms with Crippen molar-refractivity contribution < 1.29 is 9.59 Å². The highest BCUT2D eigenvalue weighted by atomic mass is 32.1.